The van der Waals surface area contributed by atoms with Gasteiger partial charge in [0.05, 0.1) is 0 Å². The molecule has 0 atom stereocenters. The van der Waals surface area contributed by atoms with Crippen LogP contribution in [0.3, 0.4) is 0 Å². The monoisotopic (exact) mass is 576 g/mol. The van der Waals surface area contributed by atoms with Gasteiger partial charge in [0.1, 0.15) is 5.58 Å². The second-order valence-electron chi connectivity index (χ2n) is 12.9. The van der Waals surface area contributed by atoms with Gasteiger partial charge < -0.3 is 9.32 Å². The number of fused-ring (bicyclic) bond motifs is 9. The van der Waals surface area contributed by atoms with Gasteiger partial charge in [-0.1, -0.05) is 111 Å². The molecule has 0 amide bonds. The predicted molar refractivity (Wildman–Crippen MR) is 188 cm³/mol. The molecule has 4 heteroatoms. The first-order chi connectivity index (χ1) is 22.1. The summed E-state index contributed by atoms with van der Waals surface area (Å²) in [6, 6.07) is 50.6. The van der Waals surface area contributed by atoms with Crippen LogP contribution in [-0.4, -0.2) is 11.3 Å². The predicted octanol–water partition coefficient (Wildman–Crippen LogP) is 8.47. The summed E-state index contributed by atoms with van der Waals surface area (Å²) in [5.74, 6) is 0. The third kappa shape index (κ3) is 3.21. The quantitative estimate of drug-likeness (QED) is 0.193. The van der Waals surface area contributed by atoms with Gasteiger partial charge in [-0.25, -0.2) is 0 Å². The first-order valence-electron chi connectivity index (χ1n) is 15.7. The van der Waals surface area contributed by atoms with Crippen LogP contribution in [0.15, 0.2) is 144 Å². The molecular formula is C41H29BN2O. The molecule has 0 aliphatic carbocycles. The number of aromatic nitrogens is 1. The fraction of sp³-hybridized carbons (Fsp3) is 0.0732. The molecule has 0 fully saturated rings. The van der Waals surface area contributed by atoms with Gasteiger partial charge in [-0.05, 0) is 75.2 Å². The van der Waals surface area contributed by atoms with Crippen molar-refractivity contribution < 1.29 is 4.42 Å². The average Bonchev–Trinajstić information content (AvgIpc) is 3.62. The van der Waals surface area contributed by atoms with E-state index in [1.54, 1.807) is 0 Å². The van der Waals surface area contributed by atoms with Gasteiger partial charge in [0.2, 0.25) is 5.71 Å². The van der Waals surface area contributed by atoms with E-state index in [0.29, 0.717) is 0 Å². The maximum atomic E-state index is 6.83. The second kappa shape index (κ2) is 8.80. The molecule has 0 radical (unpaired) electrons. The van der Waals surface area contributed by atoms with Gasteiger partial charge in [-0.15, -0.1) is 0 Å². The molecule has 0 N–H and O–H groups in total. The third-order valence-electron chi connectivity index (χ3n) is 10.2. The minimum atomic E-state index is -0.299. The van der Waals surface area contributed by atoms with Crippen molar-refractivity contribution in [1.29, 1.82) is 0 Å². The highest BCUT2D eigenvalue weighted by molar-refractivity contribution is 7.00. The van der Waals surface area contributed by atoms with E-state index in [1.165, 1.54) is 66.3 Å². The molecule has 0 unspecified atom stereocenters. The van der Waals surface area contributed by atoms with Gasteiger partial charge in [-0.2, -0.15) is 0 Å². The van der Waals surface area contributed by atoms with Crippen LogP contribution in [-0.2, 0) is 5.41 Å². The Labute approximate surface area is 262 Å². The topological polar surface area (TPSA) is 21.3 Å². The lowest BCUT2D eigenvalue weighted by Gasteiger charge is -2.44. The molecule has 2 aliphatic heterocycles. The second-order valence-corrected chi connectivity index (χ2v) is 12.9. The lowest BCUT2D eigenvalue weighted by atomic mass is 9.30. The van der Waals surface area contributed by atoms with Crippen molar-refractivity contribution in [2.24, 2.45) is 0 Å². The number of benzene rings is 6. The SMILES string of the molecule is CC1(C)c2cccc3c2B(c2cc4ccccc4cc2N3c2ccccc2)c2c1n(-c1ccccc1)c1oc3ccccc3c21. The van der Waals surface area contributed by atoms with Crippen LogP contribution in [0, 0.1) is 0 Å². The van der Waals surface area contributed by atoms with E-state index in [4.69, 9.17) is 4.42 Å². The van der Waals surface area contributed by atoms with Crippen molar-refractivity contribution in [1.82, 2.24) is 4.57 Å². The number of anilines is 3. The van der Waals surface area contributed by atoms with E-state index in [-0.39, 0.29) is 12.1 Å². The van der Waals surface area contributed by atoms with Crippen LogP contribution >= 0.6 is 0 Å². The zero-order valence-corrected chi connectivity index (χ0v) is 25.2. The standard InChI is InChI=1S/C41H29BN2O/c1-41(2)31-21-13-22-33-37(31)42(32-24-26-14-9-10-15-27(26)25-34(32)43(33)28-16-5-3-6-17-28)38-36-30-20-11-12-23-35(30)45-40(36)44(39(38)41)29-18-7-4-8-19-29/h3-25H,1-2H3. The maximum Gasteiger partial charge on any atom is 0.250 e. The molecule has 2 aliphatic rings. The zero-order valence-electron chi connectivity index (χ0n) is 25.2. The number of hydrogen-bond donors (Lipinski definition) is 0. The van der Waals surface area contributed by atoms with E-state index >= 15 is 0 Å². The van der Waals surface area contributed by atoms with Crippen LogP contribution in [0.2, 0.25) is 0 Å². The average molecular weight is 577 g/mol. The van der Waals surface area contributed by atoms with Crippen molar-refractivity contribution in [2.45, 2.75) is 19.3 Å². The molecule has 2 aromatic heterocycles. The Balaban J connectivity index is 1.42. The molecule has 8 aromatic rings. The van der Waals surface area contributed by atoms with E-state index < -0.39 is 0 Å². The maximum absolute atomic E-state index is 6.83. The Bertz CT molecular complexity index is 2470. The Morgan fingerprint density at radius 3 is 2.04 bits per heavy atom. The molecule has 6 aromatic carbocycles. The number of rotatable bonds is 2. The number of furan rings is 1. The summed E-state index contributed by atoms with van der Waals surface area (Å²) in [6.45, 7) is 4.81. The Kier molecular flexibility index (Phi) is 4.87. The van der Waals surface area contributed by atoms with Crippen molar-refractivity contribution in [2.75, 3.05) is 4.90 Å². The van der Waals surface area contributed by atoms with Gasteiger partial charge in [-0.3, -0.25) is 4.57 Å². The molecule has 45 heavy (non-hydrogen) atoms. The smallest absolute Gasteiger partial charge is 0.250 e. The number of hydrogen-bond acceptors (Lipinski definition) is 2. The van der Waals surface area contributed by atoms with E-state index in [9.17, 15) is 0 Å². The molecule has 0 spiro atoms. The van der Waals surface area contributed by atoms with Gasteiger partial charge in [0.15, 0.2) is 0 Å². The molecular weight excluding hydrogens is 547 g/mol. The Morgan fingerprint density at radius 1 is 0.600 bits per heavy atom. The Hall–Kier alpha value is -5.48. The molecule has 0 saturated heterocycles. The number of para-hydroxylation sites is 3. The van der Waals surface area contributed by atoms with Crippen molar-refractivity contribution in [3.8, 4) is 5.69 Å². The summed E-state index contributed by atoms with van der Waals surface area (Å²) in [5, 5.41) is 4.89. The highest BCUT2D eigenvalue weighted by atomic mass is 16.3. The first-order valence-corrected chi connectivity index (χ1v) is 15.7. The highest BCUT2D eigenvalue weighted by Crippen LogP contribution is 2.46. The zero-order chi connectivity index (χ0) is 29.9. The molecule has 0 saturated carbocycles. The third-order valence-corrected chi connectivity index (χ3v) is 10.2. The fourth-order valence-corrected chi connectivity index (χ4v) is 8.35. The summed E-state index contributed by atoms with van der Waals surface area (Å²) < 4.78 is 9.23. The first kappa shape index (κ1) is 24.9. The minimum absolute atomic E-state index is 0.0345. The van der Waals surface area contributed by atoms with Crippen LogP contribution < -0.4 is 21.3 Å². The van der Waals surface area contributed by atoms with Crippen LogP contribution in [0.4, 0.5) is 17.1 Å². The lowest BCUT2D eigenvalue weighted by molar-refractivity contribution is 0.586. The van der Waals surface area contributed by atoms with E-state index in [0.717, 1.165) is 17.0 Å². The fourth-order valence-electron chi connectivity index (χ4n) is 8.35. The summed E-state index contributed by atoms with van der Waals surface area (Å²) in [5.41, 5.74) is 13.0. The van der Waals surface area contributed by atoms with Crippen LogP contribution in [0.25, 0.3) is 38.5 Å². The Morgan fingerprint density at radius 2 is 1.27 bits per heavy atom. The van der Waals surface area contributed by atoms with Crippen molar-refractivity contribution >= 4 is 73.0 Å². The molecule has 212 valence electrons. The largest absolute Gasteiger partial charge is 0.439 e. The molecule has 10 rings (SSSR count). The summed E-state index contributed by atoms with van der Waals surface area (Å²) >= 11 is 0. The summed E-state index contributed by atoms with van der Waals surface area (Å²) in [4.78, 5) is 2.48. The number of nitrogens with zero attached hydrogens (tertiary/aromatic N) is 2. The van der Waals surface area contributed by atoms with Crippen LogP contribution in [0.5, 0.6) is 0 Å². The molecule has 0 bridgehead atoms. The van der Waals surface area contributed by atoms with Gasteiger partial charge >= 0.3 is 0 Å². The normalized spacial score (nSPS) is 14.5. The van der Waals surface area contributed by atoms with Crippen molar-refractivity contribution in [3.63, 3.8) is 0 Å². The van der Waals surface area contributed by atoms with Crippen molar-refractivity contribution in [3.05, 3.63) is 151 Å². The lowest BCUT2D eigenvalue weighted by Crippen LogP contribution is -2.64. The highest BCUT2D eigenvalue weighted by Gasteiger charge is 2.50. The molecule has 3 nitrogen and oxygen atoms in total. The van der Waals surface area contributed by atoms with Gasteiger partial charge in [0, 0.05) is 44.6 Å². The van der Waals surface area contributed by atoms with Crippen LogP contribution in [0.1, 0.15) is 25.1 Å². The molecule has 4 heterocycles. The van der Waals surface area contributed by atoms with Gasteiger partial charge in [0.25, 0.3) is 6.71 Å². The summed E-state index contributed by atoms with van der Waals surface area (Å²) in [6.07, 6.45) is 0. The minimum Gasteiger partial charge on any atom is -0.439 e. The van der Waals surface area contributed by atoms with E-state index in [1.807, 2.05) is 0 Å². The summed E-state index contributed by atoms with van der Waals surface area (Å²) in [7, 11) is 0. The van der Waals surface area contributed by atoms with E-state index in [2.05, 4.69) is 163 Å².